The number of aryl methyl sites for hydroxylation is 1. The highest BCUT2D eigenvalue weighted by molar-refractivity contribution is 14.1. The molecule has 1 aromatic carbocycles. The van der Waals surface area contributed by atoms with Gasteiger partial charge in [0.2, 0.25) is 11.8 Å². The second-order valence-electron chi connectivity index (χ2n) is 6.29. The second kappa shape index (κ2) is 10.4. The number of aromatic nitrogens is 2. The van der Waals surface area contributed by atoms with Gasteiger partial charge in [0.1, 0.15) is 47.0 Å². The highest BCUT2D eigenvalue weighted by Gasteiger charge is 2.17. The van der Waals surface area contributed by atoms with Crippen LogP contribution in [-0.2, 0) is 7.31 Å². The average Bonchev–Trinajstić information content (AvgIpc) is 3.06. The van der Waals surface area contributed by atoms with E-state index >= 15 is 0 Å². The van der Waals surface area contributed by atoms with Crippen LogP contribution in [0, 0.1) is 18.3 Å². The second-order valence-corrected chi connectivity index (χ2v) is 9.25. The van der Waals surface area contributed by atoms with Crippen LogP contribution < -0.4 is 10.1 Å². The molecular formula is C19H18IN5O3S2. The summed E-state index contributed by atoms with van der Waals surface area (Å²) in [5.41, 5.74) is 3.02. The number of hydrogen-bond acceptors (Lipinski definition) is 8. The lowest BCUT2D eigenvalue weighted by Gasteiger charge is -2.17. The molecular weight excluding hydrogens is 537 g/mol. The zero-order chi connectivity index (χ0) is 21.7. The molecule has 3 rings (SSSR count). The van der Waals surface area contributed by atoms with Gasteiger partial charge in [-0.1, -0.05) is 0 Å². The minimum atomic E-state index is -0.168. The zero-order valence-electron chi connectivity index (χ0n) is 16.4. The van der Waals surface area contributed by atoms with Crippen LogP contribution in [0.4, 0.5) is 5.69 Å². The number of fused-ring (bicyclic) bond motifs is 1. The molecule has 0 aliphatic rings. The van der Waals surface area contributed by atoms with Crippen molar-refractivity contribution in [3.05, 3.63) is 47.8 Å². The van der Waals surface area contributed by atoms with Crippen molar-refractivity contribution in [3.63, 3.8) is 0 Å². The van der Waals surface area contributed by atoms with E-state index < -0.39 is 0 Å². The molecule has 8 nitrogen and oxygen atoms in total. The number of ether oxygens (including phenoxy) is 1. The average molecular weight is 555 g/mol. The Bertz CT molecular complexity index is 1100. The topological polar surface area (TPSA) is 92.4 Å². The van der Waals surface area contributed by atoms with Gasteiger partial charge < -0.3 is 10.1 Å². The van der Waals surface area contributed by atoms with E-state index in [4.69, 9.17) is 7.25 Å². The van der Waals surface area contributed by atoms with Crippen molar-refractivity contribution in [3.8, 4) is 11.9 Å². The quantitative estimate of drug-likeness (QED) is 0.246. The standard InChI is InChI=1S/C19H18IN5O3S2/c1-12-6-13-8-15(9-21)25(30-28-20)19(13)16(7-12)29-24(2)11-17(26)23-14-4-5-18(27-3)22-10-14/h4-8,10H,11H2,1-3H3,(H,23,26). The van der Waals surface area contributed by atoms with E-state index in [9.17, 15) is 10.1 Å². The molecule has 2 aromatic heterocycles. The minimum Gasteiger partial charge on any atom is -0.481 e. The summed E-state index contributed by atoms with van der Waals surface area (Å²) >= 11 is 4.29. The van der Waals surface area contributed by atoms with Crippen LogP contribution in [0.2, 0.25) is 0 Å². The third-order valence-corrected chi connectivity index (χ3v) is 6.05. The summed E-state index contributed by atoms with van der Waals surface area (Å²) in [5, 5.41) is 13.2. The highest BCUT2D eigenvalue weighted by atomic mass is 127. The Morgan fingerprint density at radius 3 is 2.83 bits per heavy atom. The Balaban J connectivity index is 1.76. The number of hydrogen-bond donors (Lipinski definition) is 1. The first-order valence-corrected chi connectivity index (χ1v) is 11.0. The van der Waals surface area contributed by atoms with Gasteiger partial charge in [-0.15, -0.1) is 0 Å². The number of nitrogens with zero attached hydrogens (tertiary/aromatic N) is 4. The van der Waals surface area contributed by atoms with Crippen LogP contribution >= 0.6 is 47.2 Å². The molecule has 0 fully saturated rings. The van der Waals surface area contributed by atoms with E-state index in [1.807, 2.05) is 36.5 Å². The van der Waals surface area contributed by atoms with Crippen molar-refractivity contribution in [2.24, 2.45) is 0 Å². The Morgan fingerprint density at radius 2 is 2.20 bits per heavy atom. The largest absolute Gasteiger partial charge is 0.481 e. The van der Waals surface area contributed by atoms with Crippen LogP contribution in [0.1, 0.15) is 11.3 Å². The van der Waals surface area contributed by atoms with E-state index in [1.165, 1.54) is 19.1 Å². The lowest BCUT2D eigenvalue weighted by atomic mass is 10.2. The lowest BCUT2D eigenvalue weighted by molar-refractivity contribution is -0.116. The number of nitrogens with one attached hydrogen (secondary N) is 1. The van der Waals surface area contributed by atoms with Crippen molar-refractivity contribution in [1.29, 1.82) is 5.26 Å². The van der Waals surface area contributed by atoms with Crippen LogP contribution in [0.25, 0.3) is 10.9 Å². The van der Waals surface area contributed by atoms with E-state index in [0.29, 0.717) is 17.3 Å². The van der Waals surface area contributed by atoms with Crippen LogP contribution in [-0.4, -0.2) is 39.9 Å². The van der Waals surface area contributed by atoms with Gasteiger partial charge in [-0.3, -0.25) is 4.79 Å². The number of benzene rings is 1. The fourth-order valence-corrected chi connectivity index (χ4v) is 4.96. The predicted molar refractivity (Wildman–Crippen MR) is 127 cm³/mol. The van der Waals surface area contributed by atoms with E-state index in [-0.39, 0.29) is 12.5 Å². The van der Waals surface area contributed by atoms with Gasteiger partial charge >= 0.3 is 0 Å². The minimum absolute atomic E-state index is 0.161. The molecule has 30 heavy (non-hydrogen) atoms. The monoisotopic (exact) mass is 555 g/mol. The molecule has 3 aromatic rings. The Hall–Kier alpha value is -1.98. The van der Waals surface area contributed by atoms with Crippen LogP contribution in [0.3, 0.4) is 0 Å². The molecule has 1 N–H and O–H groups in total. The van der Waals surface area contributed by atoms with Gasteiger partial charge in [0.15, 0.2) is 0 Å². The first-order chi connectivity index (χ1) is 14.4. The van der Waals surface area contributed by atoms with E-state index in [1.54, 1.807) is 45.3 Å². The zero-order valence-corrected chi connectivity index (χ0v) is 20.2. The number of anilines is 1. The highest BCUT2D eigenvalue weighted by Crippen LogP contribution is 2.36. The van der Waals surface area contributed by atoms with Crippen LogP contribution in [0.15, 0.2) is 41.4 Å². The number of nitriles is 1. The SMILES string of the molecule is COc1ccc(NC(=O)CN(C)Sc2cc(C)cc3cc(C#N)n(SOI)c23)cn1. The van der Waals surface area contributed by atoms with Crippen molar-refractivity contribution >= 4 is 69.7 Å². The Kier molecular flexibility index (Phi) is 7.84. The summed E-state index contributed by atoms with van der Waals surface area (Å²) in [4.78, 5) is 17.4. The van der Waals surface area contributed by atoms with Gasteiger partial charge in [0.05, 0.1) is 31.1 Å². The first kappa shape index (κ1) is 22.7. The molecule has 0 saturated heterocycles. The molecule has 0 atom stereocenters. The fourth-order valence-electron chi connectivity index (χ4n) is 2.86. The summed E-state index contributed by atoms with van der Waals surface area (Å²) in [5.74, 6) is 0.316. The smallest absolute Gasteiger partial charge is 0.239 e. The number of halogens is 1. The lowest BCUT2D eigenvalue weighted by Crippen LogP contribution is -2.25. The molecule has 0 unspecified atom stereocenters. The van der Waals surface area contributed by atoms with Gasteiger partial charge in [0.25, 0.3) is 0 Å². The molecule has 11 heteroatoms. The Labute approximate surface area is 197 Å². The maximum Gasteiger partial charge on any atom is 0.239 e. The number of pyridine rings is 1. The molecule has 0 radical (unpaired) electrons. The number of rotatable bonds is 8. The molecule has 0 aliphatic heterocycles. The van der Waals surface area contributed by atoms with E-state index in [0.717, 1.165) is 33.6 Å². The van der Waals surface area contributed by atoms with Crippen molar-refractivity contribution < 1.29 is 12.0 Å². The maximum absolute atomic E-state index is 12.4. The van der Waals surface area contributed by atoms with Crippen molar-refractivity contribution in [1.82, 2.24) is 13.3 Å². The summed E-state index contributed by atoms with van der Waals surface area (Å²) in [6.45, 7) is 2.16. The molecule has 0 aliphatic carbocycles. The van der Waals surface area contributed by atoms with Crippen molar-refractivity contribution in [2.75, 3.05) is 26.0 Å². The number of carbonyl (C=O) groups excluding carboxylic acids is 1. The number of methoxy groups -OCH3 is 1. The Morgan fingerprint density at radius 1 is 1.40 bits per heavy atom. The van der Waals surface area contributed by atoms with Gasteiger partial charge in [-0.25, -0.2) is 15.8 Å². The van der Waals surface area contributed by atoms with Crippen molar-refractivity contribution in [2.45, 2.75) is 11.8 Å². The molecule has 0 bridgehead atoms. The molecule has 1 amide bonds. The van der Waals surface area contributed by atoms with Gasteiger partial charge in [0, 0.05) is 16.3 Å². The van der Waals surface area contributed by atoms with E-state index in [2.05, 4.69) is 16.4 Å². The third-order valence-electron chi connectivity index (χ3n) is 4.03. The molecule has 156 valence electrons. The van der Waals surface area contributed by atoms with Gasteiger partial charge in [-0.2, -0.15) is 5.26 Å². The number of likely N-dealkylation sites (N-methyl/N-ethyl adjacent to an activating group) is 1. The summed E-state index contributed by atoms with van der Waals surface area (Å²) < 4.78 is 13.8. The third kappa shape index (κ3) is 5.38. The number of amides is 1. The predicted octanol–water partition coefficient (Wildman–Crippen LogP) is 4.58. The number of carbonyl (C=O) groups is 1. The summed E-state index contributed by atoms with van der Waals surface area (Å²) in [6.07, 6.45) is 1.55. The molecule has 2 heterocycles. The van der Waals surface area contributed by atoms with Crippen LogP contribution in [0.5, 0.6) is 5.88 Å². The summed E-state index contributed by atoms with van der Waals surface area (Å²) in [6, 6.07) is 11.5. The maximum atomic E-state index is 12.4. The van der Waals surface area contributed by atoms with Gasteiger partial charge in [-0.05, 0) is 55.7 Å². The fraction of sp³-hybridized carbons (Fsp3) is 0.211. The molecule has 0 saturated carbocycles. The molecule has 0 spiro atoms. The first-order valence-electron chi connectivity index (χ1n) is 8.66. The normalized spacial score (nSPS) is 10.9. The summed E-state index contributed by atoms with van der Waals surface area (Å²) in [7, 11) is 3.38.